The average Bonchev–Trinajstić information content (AvgIpc) is 2.00. The smallest absolute Gasteiger partial charge is 0.398 e. The molecule has 0 saturated carbocycles. The summed E-state index contributed by atoms with van der Waals surface area (Å²) in [5.41, 5.74) is 2.51. The lowest BCUT2D eigenvalue weighted by Crippen LogP contribution is -2.11. The van der Waals surface area contributed by atoms with Gasteiger partial charge in [0.15, 0.2) is 0 Å². The van der Waals surface area contributed by atoms with Crippen LogP contribution in [-0.2, 0) is 6.18 Å². The van der Waals surface area contributed by atoms with Crippen LogP contribution < -0.4 is 5.73 Å². The molecule has 0 aliphatic heterocycles. The zero-order valence-electron chi connectivity index (χ0n) is 7.08. The summed E-state index contributed by atoms with van der Waals surface area (Å²) in [6.45, 7) is 0. The van der Waals surface area contributed by atoms with Crippen LogP contribution >= 0.6 is 15.9 Å². The van der Waals surface area contributed by atoms with Gasteiger partial charge in [-0.15, -0.1) is 0 Å². The second kappa shape index (κ2) is 3.96. The van der Waals surface area contributed by atoms with E-state index in [1.165, 1.54) is 0 Å². The van der Waals surface area contributed by atoms with Gasteiger partial charge in [-0.25, -0.2) is 8.78 Å². The maximum absolute atomic E-state index is 12.4. The van der Waals surface area contributed by atoms with Gasteiger partial charge in [-0.2, -0.15) is 13.2 Å². The third-order valence-electron chi connectivity index (χ3n) is 1.72. The Morgan fingerprint density at radius 3 is 2.13 bits per heavy atom. The predicted molar refractivity (Wildman–Crippen MR) is 48.5 cm³/mol. The van der Waals surface area contributed by atoms with Crippen LogP contribution in [0, 0.1) is 0 Å². The molecule has 0 bridgehead atoms. The van der Waals surface area contributed by atoms with E-state index in [1.54, 1.807) is 0 Å². The van der Waals surface area contributed by atoms with E-state index in [0.717, 1.165) is 12.1 Å². The molecule has 0 aliphatic rings. The predicted octanol–water partition coefficient (Wildman–Crippen LogP) is 3.99. The average molecular weight is 290 g/mol. The quantitative estimate of drug-likeness (QED) is 0.614. The molecule has 1 aromatic carbocycles. The van der Waals surface area contributed by atoms with Gasteiger partial charge in [-0.05, 0) is 22.0 Å². The summed E-state index contributed by atoms with van der Waals surface area (Å²) in [6, 6.07) is 1.68. The second-order valence-electron chi connectivity index (χ2n) is 2.73. The molecule has 0 spiro atoms. The Morgan fingerprint density at radius 1 is 1.20 bits per heavy atom. The first-order chi connectivity index (χ1) is 6.75. The molecule has 0 atom stereocenters. The van der Waals surface area contributed by atoms with Crippen molar-refractivity contribution in [2.75, 3.05) is 5.73 Å². The number of hydrogen-bond acceptors (Lipinski definition) is 1. The number of hydrogen-bond donors (Lipinski definition) is 1. The van der Waals surface area contributed by atoms with Gasteiger partial charge in [0.05, 0.1) is 5.56 Å². The molecule has 0 aliphatic carbocycles. The largest absolute Gasteiger partial charge is 0.419 e. The van der Waals surface area contributed by atoms with Crippen molar-refractivity contribution in [1.82, 2.24) is 0 Å². The summed E-state index contributed by atoms with van der Waals surface area (Å²) < 4.78 is 61.1. The lowest BCUT2D eigenvalue weighted by atomic mass is 10.1. The third-order valence-corrected chi connectivity index (χ3v) is 2.58. The van der Waals surface area contributed by atoms with Crippen LogP contribution in [-0.4, -0.2) is 0 Å². The number of benzene rings is 1. The van der Waals surface area contributed by atoms with Crippen LogP contribution in [0.1, 0.15) is 17.6 Å². The highest BCUT2D eigenvalue weighted by atomic mass is 79.9. The van der Waals surface area contributed by atoms with Gasteiger partial charge in [0, 0.05) is 15.7 Å². The first kappa shape index (κ1) is 12.2. The van der Waals surface area contributed by atoms with Crippen molar-refractivity contribution in [3.8, 4) is 0 Å². The van der Waals surface area contributed by atoms with Gasteiger partial charge in [0.25, 0.3) is 6.43 Å². The van der Waals surface area contributed by atoms with E-state index in [-0.39, 0.29) is 0 Å². The summed E-state index contributed by atoms with van der Waals surface area (Å²) in [5.74, 6) is 0. The van der Waals surface area contributed by atoms with E-state index >= 15 is 0 Å². The molecule has 1 aromatic rings. The number of nitrogen functional groups attached to an aromatic ring is 1. The number of rotatable bonds is 1. The summed E-state index contributed by atoms with van der Waals surface area (Å²) >= 11 is 2.49. The maximum atomic E-state index is 12.4. The van der Waals surface area contributed by atoms with Gasteiger partial charge in [0.2, 0.25) is 0 Å². The van der Waals surface area contributed by atoms with E-state index in [9.17, 15) is 22.0 Å². The first-order valence-electron chi connectivity index (χ1n) is 3.68. The van der Waals surface area contributed by atoms with Crippen molar-refractivity contribution in [3.63, 3.8) is 0 Å². The normalized spacial score (nSPS) is 12.2. The number of alkyl halides is 5. The van der Waals surface area contributed by atoms with Gasteiger partial charge < -0.3 is 5.73 Å². The molecule has 15 heavy (non-hydrogen) atoms. The van der Waals surface area contributed by atoms with Crippen LogP contribution in [0.15, 0.2) is 16.6 Å². The molecule has 84 valence electrons. The SMILES string of the molecule is Nc1ccc(C(F)F)c(Br)c1C(F)(F)F. The van der Waals surface area contributed by atoms with Crippen LogP contribution in [0.3, 0.4) is 0 Å². The molecule has 2 N–H and O–H groups in total. The maximum Gasteiger partial charge on any atom is 0.419 e. The van der Waals surface area contributed by atoms with Crippen molar-refractivity contribution < 1.29 is 22.0 Å². The highest BCUT2D eigenvalue weighted by Crippen LogP contribution is 2.42. The van der Waals surface area contributed by atoms with Crippen LogP contribution in [0.25, 0.3) is 0 Å². The van der Waals surface area contributed by atoms with E-state index in [1.807, 2.05) is 0 Å². The second-order valence-corrected chi connectivity index (χ2v) is 3.52. The summed E-state index contributed by atoms with van der Waals surface area (Å²) in [6.07, 6.45) is -7.74. The van der Waals surface area contributed by atoms with Crippen molar-refractivity contribution >= 4 is 21.6 Å². The van der Waals surface area contributed by atoms with Gasteiger partial charge >= 0.3 is 6.18 Å². The molecule has 0 radical (unpaired) electrons. The summed E-state index contributed by atoms with van der Waals surface area (Å²) in [4.78, 5) is 0. The van der Waals surface area contributed by atoms with Gasteiger partial charge in [-0.3, -0.25) is 0 Å². The monoisotopic (exact) mass is 289 g/mol. The molecule has 0 fully saturated rings. The zero-order valence-corrected chi connectivity index (χ0v) is 8.66. The van der Waals surface area contributed by atoms with Gasteiger partial charge in [-0.1, -0.05) is 6.07 Å². The molecule has 0 saturated heterocycles. The van der Waals surface area contributed by atoms with E-state index in [2.05, 4.69) is 15.9 Å². The minimum atomic E-state index is -4.76. The Balaban J connectivity index is 3.44. The topological polar surface area (TPSA) is 26.0 Å². The highest BCUT2D eigenvalue weighted by Gasteiger charge is 2.37. The molecule has 0 aromatic heterocycles. The van der Waals surface area contributed by atoms with Crippen molar-refractivity contribution in [2.24, 2.45) is 0 Å². The van der Waals surface area contributed by atoms with E-state index < -0.39 is 33.9 Å². The molecule has 7 heteroatoms. The van der Waals surface area contributed by atoms with Crippen LogP contribution in [0.4, 0.5) is 27.6 Å². The Kier molecular flexibility index (Phi) is 3.22. The highest BCUT2D eigenvalue weighted by molar-refractivity contribution is 9.10. The first-order valence-corrected chi connectivity index (χ1v) is 4.47. The Labute approximate surface area is 90.2 Å². The van der Waals surface area contributed by atoms with Crippen molar-refractivity contribution in [2.45, 2.75) is 12.6 Å². The molecule has 0 heterocycles. The molecular formula is C8H5BrF5N. The lowest BCUT2D eigenvalue weighted by Gasteiger charge is -2.14. The third kappa shape index (κ3) is 2.39. The standard InChI is InChI=1S/C8H5BrF5N/c9-6-3(7(10)11)1-2-4(15)5(6)8(12,13)14/h1-2,7H,15H2. The minimum absolute atomic E-state index is 0.584. The van der Waals surface area contributed by atoms with Crippen molar-refractivity contribution in [1.29, 1.82) is 0 Å². The minimum Gasteiger partial charge on any atom is -0.398 e. The molecule has 0 unspecified atom stereocenters. The lowest BCUT2D eigenvalue weighted by molar-refractivity contribution is -0.137. The zero-order chi connectivity index (χ0) is 11.8. The van der Waals surface area contributed by atoms with E-state index in [0.29, 0.717) is 0 Å². The molecular weight excluding hydrogens is 285 g/mol. The van der Waals surface area contributed by atoms with Crippen LogP contribution in [0.2, 0.25) is 0 Å². The summed E-state index contributed by atoms with van der Waals surface area (Å²) in [5, 5.41) is 0. The number of halogens is 6. The van der Waals surface area contributed by atoms with E-state index in [4.69, 9.17) is 5.73 Å². The molecule has 0 amide bonds. The van der Waals surface area contributed by atoms with Crippen molar-refractivity contribution in [3.05, 3.63) is 27.7 Å². The van der Waals surface area contributed by atoms with Crippen LogP contribution in [0.5, 0.6) is 0 Å². The Morgan fingerprint density at radius 2 is 1.73 bits per heavy atom. The molecule has 1 nitrogen and oxygen atoms in total. The fourth-order valence-electron chi connectivity index (χ4n) is 1.06. The molecule has 1 rings (SSSR count). The Bertz CT molecular complexity index is 374. The Hall–Kier alpha value is -0.850. The number of anilines is 1. The number of nitrogens with two attached hydrogens (primary N) is 1. The summed E-state index contributed by atoms with van der Waals surface area (Å²) in [7, 11) is 0. The fourth-order valence-corrected chi connectivity index (χ4v) is 1.82. The van der Waals surface area contributed by atoms with Gasteiger partial charge in [0.1, 0.15) is 0 Å². The fraction of sp³-hybridized carbons (Fsp3) is 0.250.